The quantitative estimate of drug-likeness (QED) is 0.398. The molecule has 0 atom stereocenters. The van der Waals surface area contributed by atoms with E-state index in [0.717, 1.165) is 16.3 Å². The number of nitrogens with zero attached hydrogens (tertiary/aromatic N) is 1. The Labute approximate surface area is 188 Å². The van der Waals surface area contributed by atoms with Gasteiger partial charge >= 0.3 is 0 Å². The first-order valence-corrected chi connectivity index (χ1v) is 11.6. The third-order valence-electron chi connectivity index (χ3n) is 4.72. The Morgan fingerprint density at radius 1 is 0.968 bits per heavy atom. The zero-order chi connectivity index (χ0) is 21.6. The SMILES string of the molecule is Cc1ccc(-c2nc(CCNC(=O)c3ccccc3NC(=O)c3ccsc3)cs2)cc1. The fourth-order valence-electron chi connectivity index (χ4n) is 3.03. The highest BCUT2D eigenvalue weighted by Gasteiger charge is 2.14. The predicted molar refractivity (Wildman–Crippen MR) is 127 cm³/mol. The van der Waals surface area contributed by atoms with Crippen LogP contribution < -0.4 is 10.6 Å². The maximum absolute atomic E-state index is 12.7. The predicted octanol–water partition coefficient (Wildman–Crippen LogP) is 5.40. The van der Waals surface area contributed by atoms with E-state index < -0.39 is 0 Å². The van der Waals surface area contributed by atoms with E-state index in [0.29, 0.717) is 29.8 Å². The number of aryl methyl sites for hydroxylation is 1. The van der Waals surface area contributed by atoms with Gasteiger partial charge in [0.25, 0.3) is 11.8 Å². The van der Waals surface area contributed by atoms with E-state index in [2.05, 4.69) is 46.8 Å². The average molecular weight is 448 g/mol. The lowest BCUT2D eigenvalue weighted by Gasteiger charge is -2.11. The topological polar surface area (TPSA) is 71.1 Å². The molecule has 156 valence electrons. The number of hydrogen-bond donors (Lipinski definition) is 2. The van der Waals surface area contributed by atoms with Gasteiger partial charge in [0.1, 0.15) is 5.01 Å². The van der Waals surface area contributed by atoms with Gasteiger partial charge in [-0.05, 0) is 30.5 Å². The number of carbonyl (C=O) groups is 2. The Kier molecular flexibility index (Phi) is 6.54. The number of benzene rings is 2. The number of para-hydroxylation sites is 1. The van der Waals surface area contributed by atoms with Gasteiger partial charge in [-0.1, -0.05) is 42.0 Å². The van der Waals surface area contributed by atoms with Crippen molar-refractivity contribution in [2.45, 2.75) is 13.3 Å². The Bertz CT molecular complexity index is 1180. The Hall–Kier alpha value is -3.29. The second-order valence-corrected chi connectivity index (χ2v) is 8.67. The summed E-state index contributed by atoms with van der Waals surface area (Å²) in [7, 11) is 0. The normalized spacial score (nSPS) is 10.6. The molecule has 0 radical (unpaired) electrons. The third kappa shape index (κ3) is 5.25. The van der Waals surface area contributed by atoms with Crippen LogP contribution in [-0.2, 0) is 6.42 Å². The van der Waals surface area contributed by atoms with Crippen LogP contribution in [0, 0.1) is 6.92 Å². The van der Waals surface area contributed by atoms with Crippen LogP contribution in [0.25, 0.3) is 10.6 Å². The van der Waals surface area contributed by atoms with Crippen LogP contribution in [-0.4, -0.2) is 23.3 Å². The molecule has 4 aromatic rings. The lowest BCUT2D eigenvalue weighted by atomic mass is 10.1. The van der Waals surface area contributed by atoms with Crippen LogP contribution in [0.1, 0.15) is 32.0 Å². The zero-order valence-electron chi connectivity index (χ0n) is 16.9. The van der Waals surface area contributed by atoms with E-state index in [1.165, 1.54) is 16.9 Å². The number of anilines is 1. The van der Waals surface area contributed by atoms with Crippen LogP contribution in [0.15, 0.2) is 70.7 Å². The minimum atomic E-state index is -0.229. The van der Waals surface area contributed by atoms with Gasteiger partial charge in [-0.25, -0.2) is 4.98 Å². The van der Waals surface area contributed by atoms with E-state index in [1.807, 2.05) is 10.8 Å². The van der Waals surface area contributed by atoms with Crippen molar-refractivity contribution in [2.24, 2.45) is 0 Å². The molecule has 2 heterocycles. The van der Waals surface area contributed by atoms with E-state index in [1.54, 1.807) is 47.0 Å². The lowest BCUT2D eigenvalue weighted by molar-refractivity contribution is 0.0955. The fraction of sp³-hybridized carbons (Fsp3) is 0.125. The van der Waals surface area contributed by atoms with Crippen molar-refractivity contribution in [3.05, 3.63) is 93.1 Å². The highest BCUT2D eigenvalue weighted by Crippen LogP contribution is 2.24. The Balaban J connectivity index is 1.35. The number of hydrogen-bond acceptors (Lipinski definition) is 5. The molecule has 0 aliphatic carbocycles. The Morgan fingerprint density at radius 3 is 2.55 bits per heavy atom. The molecule has 4 rings (SSSR count). The molecule has 0 spiro atoms. The summed E-state index contributed by atoms with van der Waals surface area (Å²) in [5.74, 6) is -0.456. The summed E-state index contributed by atoms with van der Waals surface area (Å²) >= 11 is 3.05. The van der Waals surface area contributed by atoms with Crippen molar-refractivity contribution in [3.63, 3.8) is 0 Å². The van der Waals surface area contributed by atoms with Gasteiger partial charge in [0, 0.05) is 29.3 Å². The number of thiazole rings is 1. The van der Waals surface area contributed by atoms with E-state index in [-0.39, 0.29) is 11.8 Å². The molecule has 0 fully saturated rings. The van der Waals surface area contributed by atoms with E-state index >= 15 is 0 Å². The first kappa shape index (κ1) is 21.0. The van der Waals surface area contributed by atoms with Crippen molar-refractivity contribution in [3.8, 4) is 10.6 Å². The van der Waals surface area contributed by atoms with E-state index in [4.69, 9.17) is 0 Å². The first-order valence-electron chi connectivity index (χ1n) is 9.82. The largest absolute Gasteiger partial charge is 0.352 e. The van der Waals surface area contributed by atoms with Crippen LogP contribution in [0.3, 0.4) is 0 Å². The molecule has 0 bridgehead atoms. The van der Waals surface area contributed by atoms with Crippen LogP contribution in [0.2, 0.25) is 0 Å². The minimum Gasteiger partial charge on any atom is -0.352 e. The second-order valence-electron chi connectivity index (χ2n) is 7.03. The summed E-state index contributed by atoms with van der Waals surface area (Å²) < 4.78 is 0. The van der Waals surface area contributed by atoms with Gasteiger partial charge in [0.2, 0.25) is 0 Å². The van der Waals surface area contributed by atoms with Crippen molar-refractivity contribution >= 4 is 40.2 Å². The summed E-state index contributed by atoms with van der Waals surface area (Å²) in [6.45, 7) is 2.52. The van der Waals surface area contributed by atoms with Crippen LogP contribution >= 0.6 is 22.7 Å². The number of amides is 2. The van der Waals surface area contributed by atoms with Crippen LogP contribution in [0.4, 0.5) is 5.69 Å². The van der Waals surface area contributed by atoms with Crippen molar-refractivity contribution in [1.82, 2.24) is 10.3 Å². The molecule has 31 heavy (non-hydrogen) atoms. The number of carbonyl (C=O) groups excluding carboxylic acids is 2. The summed E-state index contributed by atoms with van der Waals surface area (Å²) in [5.41, 5.74) is 4.76. The molecule has 2 amide bonds. The summed E-state index contributed by atoms with van der Waals surface area (Å²) in [6.07, 6.45) is 0.636. The summed E-state index contributed by atoms with van der Waals surface area (Å²) in [6, 6.07) is 17.1. The first-order chi connectivity index (χ1) is 15.1. The molecule has 0 aliphatic rings. The van der Waals surface area contributed by atoms with Crippen molar-refractivity contribution in [2.75, 3.05) is 11.9 Å². The molecule has 7 heteroatoms. The molecule has 2 N–H and O–H groups in total. The smallest absolute Gasteiger partial charge is 0.256 e. The minimum absolute atomic E-state index is 0.227. The average Bonchev–Trinajstić information content (AvgIpc) is 3.47. The highest BCUT2D eigenvalue weighted by atomic mass is 32.1. The van der Waals surface area contributed by atoms with Crippen molar-refractivity contribution in [1.29, 1.82) is 0 Å². The highest BCUT2D eigenvalue weighted by molar-refractivity contribution is 7.13. The Morgan fingerprint density at radius 2 is 1.77 bits per heavy atom. The van der Waals surface area contributed by atoms with Gasteiger partial charge in [-0.3, -0.25) is 9.59 Å². The second kappa shape index (κ2) is 9.68. The van der Waals surface area contributed by atoms with Crippen LogP contribution in [0.5, 0.6) is 0 Å². The molecule has 5 nitrogen and oxygen atoms in total. The van der Waals surface area contributed by atoms with Crippen molar-refractivity contribution < 1.29 is 9.59 Å². The lowest BCUT2D eigenvalue weighted by Crippen LogP contribution is -2.27. The van der Waals surface area contributed by atoms with E-state index in [9.17, 15) is 9.59 Å². The molecule has 2 aromatic carbocycles. The maximum Gasteiger partial charge on any atom is 0.256 e. The van der Waals surface area contributed by atoms with Gasteiger partial charge in [0.05, 0.1) is 22.5 Å². The van der Waals surface area contributed by atoms with Gasteiger partial charge in [0.15, 0.2) is 0 Å². The number of nitrogens with one attached hydrogen (secondary N) is 2. The molecule has 2 aromatic heterocycles. The fourth-order valence-corrected chi connectivity index (χ4v) is 4.52. The molecule has 0 aliphatic heterocycles. The number of aromatic nitrogens is 1. The number of rotatable bonds is 7. The molecular weight excluding hydrogens is 426 g/mol. The van der Waals surface area contributed by atoms with Gasteiger partial charge in [-0.15, -0.1) is 11.3 Å². The zero-order valence-corrected chi connectivity index (χ0v) is 18.6. The standard InChI is InChI=1S/C24H21N3O2S2/c1-16-6-8-17(9-7-16)24-26-19(15-31-24)10-12-25-23(29)20-4-2-3-5-21(20)27-22(28)18-11-13-30-14-18/h2-9,11,13-15H,10,12H2,1H3,(H,25,29)(H,27,28). The summed E-state index contributed by atoms with van der Waals surface area (Å²) in [4.78, 5) is 29.7. The molecule has 0 unspecified atom stereocenters. The molecular formula is C24H21N3O2S2. The van der Waals surface area contributed by atoms with Gasteiger partial charge in [-0.2, -0.15) is 11.3 Å². The summed E-state index contributed by atoms with van der Waals surface area (Å²) in [5, 5.41) is 12.4. The number of thiophene rings is 1. The van der Waals surface area contributed by atoms with Gasteiger partial charge < -0.3 is 10.6 Å². The maximum atomic E-state index is 12.7. The molecule has 0 saturated heterocycles. The molecule has 0 saturated carbocycles. The monoisotopic (exact) mass is 447 g/mol. The third-order valence-corrected chi connectivity index (χ3v) is 6.34.